The van der Waals surface area contributed by atoms with Gasteiger partial charge < -0.3 is 9.72 Å². The molecule has 0 saturated carbocycles. The normalized spacial score (nSPS) is 11.9. The van der Waals surface area contributed by atoms with Crippen LogP contribution in [0.4, 0.5) is 0 Å². The average Bonchev–Trinajstić information content (AvgIpc) is 2.77. The molecule has 20 heavy (non-hydrogen) atoms. The maximum absolute atomic E-state index is 11.7. The Hall–Kier alpha value is -2.36. The molecule has 0 amide bonds. The van der Waals surface area contributed by atoms with Crippen molar-refractivity contribution < 1.29 is 14.3 Å². The smallest absolute Gasteiger partial charge is 0.331 e. The zero-order valence-corrected chi connectivity index (χ0v) is 11.8. The lowest BCUT2D eigenvalue weighted by Crippen LogP contribution is -2.22. The lowest BCUT2D eigenvalue weighted by Gasteiger charge is -2.17. The molecule has 104 valence electrons. The third kappa shape index (κ3) is 3.15. The number of aromatic nitrogens is 1. The van der Waals surface area contributed by atoms with E-state index in [9.17, 15) is 9.59 Å². The van der Waals surface area contributed by atoms with Gasteiger partial charge in [0.1, 0.15) is 5.60 Å². The van der Waals surface area contributed by atoms with E-state index in [4.69, 9.17) is 4.74 Å². The number of carbonyl (C=O) groups is 2. The van der Waals surface area contributed by atoms with Crippen LogP contribution in [0.1, 0.15) is 36.7 Å². The van der Waals surface area contributed by atoms with Crippen LogP contribution in [0.5, 0.6) is 0 Å². The van der Waals surface area contributed by atoms with Crippen LogP contribution in [-0.4, -0.2) is 22.8 Å². The predicted octanol–water partition coefficient (Wildman–Crippen LogP) is 3.34. The summed E-state index contributed by atoms with van der Waals surface area (Å²) in [7, 11) is 0. The molecule has 2 aromatic rings. The highest BCUT2D eigenvalue weighted by Gasteiger charge is 2.14. The van der Waals surface area contributed by atoms with Gasteiger partial charge in [-0.15, -0.1) is 0 Å². The van der Waals surface area contributed by atoms with Gasteiger partial charge in [0.15, 0.2) is 6.29 Å². The number of nitrogens with one attached hydrogen (secondary N) is 1. The van der Waals surface area contributed by atoms with Crippen molar-refractivity contribution in [3.8, 4) is 0 Å². The van der Waals surface area contributed by atoms with Crippen LogP contribution in [0.2, 0.25) is 0 Å². The van der Waals surface area contributed by atoms with Gasteiger partial charge in [0, 0.05) is 28.7 Å². The summed E-state index contributed by atoms with van der Waals surface area (Å²) in [5.41, 5.74) is 1.72. The van der Waals surface area contributed by atoms with Gasteiger partial charge in [-0.2, -0.15) is 0 Å². The van der Waals surface area contributed by atoms with Crippen molar-refractivity contribution in [1.29, 1.82) is 0 Å². The Balaban J connectivity index is 2.32. The Morgan fingerprint density at radius 1 is 1.25 bits per heavy atom. The Morgan fingerprint density at radius 3 is 2.65 bits per heavy atom. The molecule has 2 rings (SSSR count). The van der Waals surface area contributed by atoms with Gasteiger partial charge >= 0.3 is 5.97 Å². The van der Waals surface area contributed by atoms with Gasteiger partial charge in [-0.3, -0.25) is 4.79 Å². The molecule has 0 radical (unpaired) electrons. The number of hydrogen-bond acceptors (Lipinski definition) is 3. The maximum atomic E-state index is 11.7. The van der Waals surface area contributed by atoms with Gasteiger partial charge in [0.25, 0.3) is 0 Å². The maximum Gasteiger partial charge on any atom is 0.331 e. The molecule has 0 bridgehead atoms. The second-order valence-corrected chi connectivity index (χ2v) is 5.50. The number of ether oxygens (including phenoxy) is 1. The van der Waals surface area contributed by atoms with Crippen LogP contribution in [0.15, 0.2) is 30.5 Å². The molecule has 0 atom stereocenters. The van der Waals surface area contributed by atoms with Crippen LogP contribution in [0.25, 0.3) is 17.0 Å². The quantitative estimate of drug-likeness (QED) is 0.529. The second-order valence-electron chi connectivity index (χ2n) is 5.50. The number of rotatable bonds is 3. The summed E-state index contributed by atoms with van der Waals surface area (Å²) in [6, 6.07) is 5.60. The highest BCUT2D eigenvalue weighted by molar-refractivity contribution is 6.03. The Labute approximate surface area is 117 Å². The van der Waals surface area contributed by atoms with Crippen molar-refractivity contribution >= 4 is 29.2 Å². The molecule has 0 unspecified atom stereocenters. The molecule has 0 aliphatic heterocycles. The molecule has 0 saturated heterocycles. The van der Waals surface area contributed by atoms with E-state index in [0.29, 0.717) is 5.56 Å². The van der Waals surface area contributed by atoms with E-state index in [-0.39, 0.29) is 0 Å². The van der Waals surface area contributed by atoms with E-state index in [2.05, 4.69) is 4.98 Å². The molecule has 0 aliphatic rings. The Bertz CT molecular complexity index is 675. The first-order valence-electron chi connectivity index (χ1n) is 6.37. The van der Waals surface area contributed by atoms with E-state index in [1.807, 2.05) is 39.0 Å². The minimum Gasteiger partial charge on any atom is -0.457 e. The van der Waals surface area contributed by atoms with Crippen molar-refractivity contribution in [2.75, 3.05) is 0 Å². The summed E-state index contributed by atoms with van der Waals surface area (Å²) in [5.74, 6) is -0.405. The monoisotopic (exact) mass is 271 g/mol. The molecule has 1 heterocycles. The number of fused-ring (bicyclic) bond motifs is 1. The molecule has 0 aliphatic carbocycles. The minimum atomic E-state index is -0.518. The van der Waals surface area contributed by atoms with E-state index in [0.717, 1.165) is 22.8 Å². The third-order valence-corrected chi connectivity index (χ3v) is 2.70. The van der Waals surface area contributed by atoms with E-state index in [1.165, 1.54) is 6.08 Å². The molecular formula is C16H17NO3. The molecule has 1 N–H and O–H groups in total. The predicted molar refractivity (Wildman–Crippen MR) is 78.6 cm³/mol. The van der Waals surface area contributed by atoms with Crippen LogP contribution >= 0.6 is 0 Å². The molecular weight excluding hydrogens is 254 g/mol. The fraction of sp³-hybridized carbons (Fsp3) is 0.250. The van der Waals surface area contributed by atoms with Gasteiger partial charge in [-0.25, -0.2) is 4.79 Å². The fourth-order valence-electron chi connectivity index (χ4n) is 1.97. The van der Waals surface area contributed by atoms with Crippen molar-refractivity contribution in [2.24, 2.45) is 0 Å². The summed E-state index contributed by atoms with van der Waals surface area (Å²) in [6.45, 7) is 5.45. The molecule has 0 spiro atoms. The van der Waals surface area contributed by atoms with E-state index in [1.54, 1.807) is 12.3 Å². The third-order valence-electron chi connectivity index (χ3n) is 2.70. The number of hydrogen-bond donors (Lipinski definition) is 1. The largest absolute Gasteiger partial charge is 0.457 e. The summed E-state index contributed by atoms with van der Waals surface area (Å²) in [6.07, 6.45) is 5.49. The average molecular weight is 271 g/mol. The number of H-pyrrole nitrogens is 1. The van der Waals surface area contributed by atoms with Crippen molar-refractivity contribution in [1.82, 2.24) is 4.98 Å². The highest BCUT2D eigenvalue weighted by atomic mass is 16.6. The molecule has 0 fully saturated rings. The van der Waals surface area contributed by atoms with Crippen LogP contribution in [-0.2, 0) is 9.53 Å². The van der Waals surface area contributed by atoms with Gasteiger partial charge in [0.05, 0.1) is 0 Å². The molecule has 4 heteroatoms. The first-order valence-corrected chi connectivity index (χ1v) is 6.37. The Kier molecular flexibility index (Phi) is 3.74. The zero-order valence-electron chi connectivity index (χ0n) is 11.8. The van der Waals surface area contributed by atoms with Gasteiger partial charge in [0.2, 0.25) is 0 Å². The number of benzene rings is 1. The van der Waals surface area contributed by atoms with Gasteiger partial charge in [-0.1, -0.05) is 12.1 Å². The number of aldehydes is 1. The lowest BCUT2D eigenvalue weighted by molar-refractivity contribution is -0.148. The van der Waals surface area contributed by atoms with Crippen molar-refractivity contribution in [3.05, 3.63) is 41.6 Å². The summed E-state index contributed by atoms with van der Waals surface area (Å²) >= 11 is 0. The van der Waals surface area contributed by atoms with Crippen LogP contribution in [0, 0.1) is 0 Å². The number of esters is 1. The minimum absolute atomic E-state index is 0.405. The lowest BCUT2D eigenvalue weighted by atomic mass is 10.1. The van der Waals surface area contributed by atoms with E-state index < -0.39 is 11.6 Å². The summed E-state index contributed by atoms with van der Waals surface area (Å²) in [4.78, 5) is 25.7. The standard InChI is InChI=1S/C16H17NO3/c1-16(2,3)20-14(19)8-7-11-5-4-6-13-15(11)12(10-18)9-17-13/h4-10,17H,1-3H3/b8-7+. The van der Waals surface area contributed by atoms with Crippen LogP contribution in [0.3, 0.4) is 0 Å². The van der Waals surface area contributed by atoms with Crippen LogP contribution < -0.4 is 0 Å². The SMILES string of the molecule is CC(C)(C)OC(=O)/C=C/c1cccc2[nH]cc(C=O)c12. The number of aromatic amines is 1. The highest BCUT2D eigenvalue weighted by Crippen LogP contribution is 2.22. The topological polar surface area (TPSA) is 59.2 Å². The zero-order chi connectivity index (χ0) is 14.8. The van der Waals surface area contributed by atoms with Crippen molar-refractivity contribution in [2.45, 2.75) is 26.4 Å². The Morgan fingerprint density at radius 2 is 2.00 bits per heavy atom. The second kappa shape index (κ2) is 5.33. The summed E-state index contributed by atoms with van der Waals surface area (Å²) in [5, 5.41) is 0.808. The fourth-order valence-corrected chi connectivity index (χ4v) is 1.97. The molecule has 1 aromatic heterocycles. The first-order chi connectivity index (χ1) is 9.40. The van der Waals surface area contributed by atoms with Gasteiger partial charge in [-0.05, 0) is 38.5 Å². The first kappa shape index (κ1) is 14.1. The van der Waals surface area contributed by atoms with E-state index >= 15 is 0 Å². The van der Waals surface area contributed by atoms with Crippen molar-refractivity contribution in [3.63, 3.8) is 0 Å². The summed E-state index contributed by atoms with van der Waals surface area (Å²) < 4.78 is 5.21. The molecule has 4 nitrogen and oxygen atoms in total. The number of carbonyl (C=O) groups excluding carboxylic acids is 2. The molecule has 1 aromatic carbocycles.